The smallest absolute Gasteiger partial charge is 0.194 e. The van der Waals surface area contributed by atoms with Crippen LogP contribution in [0.2, 0.25) is 0 Å². The normalized spacial score (nSPS) is 23.5. The minimum absolute atomic E-state index is 0. The number of guanidine groups is 1. The summed E-state index contributed by atoms with van der Waals surface area (Å²) in [6.07, 6.45) is 4.46. The predicted molar refractivity (Wildman–Crippen MR) is 83.1 cm³/mol. The van der Waals surface area contributed by atoms with Crippen molar-refractivity contribution in [3.05, 3.63) is 24.4 Å². The van der Waals surface area contributed by atoms with Crippen molar-refractivity contribution in [2.45, 2.75) is 25.4 Å². The number of aromatic nitrogens is 1. The lowest BCUT2D eigenvalue weighted by molar-refractivity contribution is 0.137. The van der Waals surface area contributed by atoms with Gasteiger partial charge < -0.3 is 16.2 Å². The number of aliphatic hydroxyl groups excluding tert-OH is 1. The second kappa shape index (κ2) is 7.52. The Labute approximate surface area is 124 Å². The van der Waals surface area contributed by atoms with Gasteiger partial charge in [0.25, 0.3) is 0 Å². The van der Waals surface area contributed by atoms with Crippen molar-refractivity contribution in [3.63, 3.8) is 0 Å². The van der Waals surface area contributed by atoms with Gasteiger partial charge in [-0.25, -0.2) is 4.98 Å². The fraction of sp³-hybridized carbons (Fsp3) is 0.500. The van der Waals surface area contributed by atoms with E-state index in [2.05, 4.69) is 15.3 Å². The van der Waals surface area contributed by atoms with Crippen LogP contribution in [0.15, 0.2) is 29.4 Å². The summed E-state index contributed by atoms with van der Waals surface area (Å²) in [7, 11) is 0. The van der Waals surface area contributed by atoms with Crippen molar-refractivity contribution in [1.29, 1.82) is 0 Å². The van der Waals surface area contributed by atoms with Crippen LogP contribution in [0.5, 0.6) is 0 Å². The molecule has 1 aliphatic rings. The van der Waals surface area contributed by atoms with Crippen LogP contribution in [0.1, 0.15) is 19.3 Å². The van der Waals surface area contributed by atoms with Gasteiger partial charge in [-0.15, -0.1) is 24.0 Å². The molecule has 100 valence electrons. The third-order valence-corrected chi connectivity index (χ3v) is 3.04. The van der Waals surface area contributed by atoms with Crippen LogP contribution in [0.4, 0.5) is 5.82 Å². The molecular formula is C12H19IN4O. The molecule has 4 N–H and O–H groups in total. The van der Waals surface area contributed by atoms with Gasteiger partial charge in [0.1, 0.15) is 5.82 Å². The van der Waals surface area contributed by atoms with Crippen molar-refractivity contribution in [3.8, 4) is 0 Å². The monoisotopic (exact) mass is 362 g/mol. The van der Waals surface area contributed by atoms with Gasteiger partial charge in [0.15, 0.2) is 5.96 Å². The molecule has 0 bridgehead atoms. The molecule has 2 unspecified atom stereocenters. The molecule has 1 aromatic heterocycles. The summed E-state index contributed by atoms with van der Waals surface area (Å²) in [6.45, 7) is 0.576. The van der Waals surface area contributed by atoms with Crippen LogP contribution in [0.3, 0.4) is 0 Å². The Morgan fingerprint density at radius 1 is 1.50 bits per heavy atom. The molecule has 0 aliphatic heterocycles. The molecule has 1 saturated carbocycles. The third kappa shape index (κ3) is 4.41. The van der Waals surface area contributed by atoms with E-state index in [0.717, 1.165) is 19.3 Å². The quantitative estimate of drug-likeness (QED) is 0.433. The van der Waals surface area contributed by atoms with Gasteiger partial charge in [-0.2, -0.15) is 0 Å². The molecule has 1 heterocycles. The zero-order valence-electron chi connectivity index (χ0n) is 10.1. The van der Waals surface area contributed by atoms with E-state index in [9.17, 15) is 5.11 Å². The highest BCUT2D eigenvalue weighted by Gasteiger charge is 2.24. The summed E-state index contributed by atoms with van der Waals surface area (Å²) >= 11 is 0. The Morgan fingerprint density at radius 2 is 2.33 bits per heavy atom. The fourth-order valence-corrected chi connectivity index (χ4v) is 2.05. The van der Waals surface area contributed by atoms with Crippen LogP contribution in [0.25, 0.3) is 0 Å². The maximum atomic E-state index is 9.65. The van der Waals surface area contributed by atoms with E-state index in [1.54, 1.807) is 6.20 Å². The summed E-state index contributed by atoms with van der Waals surface area (Å²) in [5.74, 6) is 1.28. The lowest BCUT2D eigenvalue weighted by atomic mass is 10.1. The van der Waals surface area contributed by atoms with E-state index in [4.69, 9.17) is 5.73 Å². The SMILES string of the molecule is I.NC(=NCC1CCCC1O)Nc1ccccn1. The number of nitrogens with zero attached hydrogens (tertiary/aromatic N) is 2. The number of pyridine rings is 1. The lowest BCUT2D eigenvalue weighted by Gasteiger charge is -2.11. The second-order valence-corrected chi connectivity index (χ2v) is 4.32. The lowest BCUT2D eigenvalue weighted by Crippen LogP contribution is -2.25. The van der Waals surface area contributed by atoms with E-state index in [0.29, 0.717) is 18.3 Å². The van der Waals surface area contributed by atoms with Crippen molar-refractivity contribution in [1.82, 2.24) is 4.98 Å². The van der Waals surface area contributed by atoms with Gasteiger partial charge in [-0.05, 0) is 25.0 Å². The minimum Gasteiger partial charge on any atom is -0.393 e. The Bertz CT molecular complexity index is 385. The Hall–Kier alpha value is -0.890. The number of anilines is 1. The summed E-state index contributed by atoms with van der Waals surface area (Å²) in [4.78, 5) is 8.33. The maximum absolute atomic E-state index is 9.65. The van der Waals surface area contributed by atoms with Gasteiger partial charge >= 0.3 is 0 Å². The summed E-state index contributed by atoms with van der Waals surface area (Å²) < 4.78 is 0. The van der Waals surface area contributed by atoms with Crippen molar-refractivity contribution >= 4 is 35.8 Å². The number of halogens is 1. The van der Waals surface area contributed by atoms with Gasteiger partial charge in [-0.3, -0.25) is 4.99 Å². The van der Waals surface area contributed by atoms with Crippen molar-refractivity contribution in [2.24, 2.45) is 16.6 Å². The van der Waals surface area contributed by atoms with Crippen LogP contribution in [-0.2, 0) is 0 Å². The van der Waals surface area contributed by atoms with Crippen LogP contribution >= 0.6 is 24.0 Å². The third-order valence-electron chi connectivity index (χ3n) is 3.04. The van der Waals surface area contributed by atoms with Crippen LogP contribution < -0.4 is 11.1 Å². The standard InChI is InChI=1S/C12H18N4O.HI/c13-12(16-11-6-1-2-7-14-11)15-8-9-4-3-5-10(9)17;/h1-2,6-7,9-10,17H,3-5,8H2,(H3,13,14,15,16);1H. The molecule has 1 aliphatic carbocycles. The molecule has 2 rings (SSSR count). The minimum atomic E-state index is -0.221. The molecule has 0 amide bonds. The zero-order chi connectivity index (χ0) is 12.1. The number of rotatable bonds is 3. The second-order valence-electron chi connectivity index (χ2n) is 4.32. The summed E-state index contributed by atoms with van der Waals surface area (Å²) in [5, 5.41) is 12.6. The number of aliphatic imine (C=N–C) groups is 1. The fourth-order valence-electron chi connectivity index (χ4n) is 2.05. The first-order valence-corrected chi connectivity index (χ1v) is 5.92. The van der Waals surface area contributed by atoms with Gasteiger partial charge in [0, 0.05) is 18.7 Å². The molecule has 1 fully saturated rings. The molecule has 0 saturated heterocycles. The summed E-state index contributed by atoms with van der Waals surface area (Å²) in [5.41, 5.74) is 5.75. The number of aliphatic hydroxyl groups is 1. The average Bonchev–Trinajstić information content (AvgIpc) is 2.74. The van der Waals surface area contributed by atoms with E-state index >= 15 is 0 Å². The molecule has 18 heavy (non-hydrogen) atoms. The first-order chi connectivity index (χ1) is 8.25. The number of nitrogens with two attached hydrogens (primary N) is 1. The number of hydrogen-bond acceptors (Lipinski definition) is 3. The first-order valence-electron chi connectivity index (χ1n) is 5.92. The van der Waals surface area contributed by atoms with E-state index in [-0.39, 0.29) is 36.0 Å². The van der Waals surface area contributed by atoms with E-state index in [1.807, 2.05) is 18.2 Å². The molecule has 6 heteroatoms. The molecule has 2 atom stereocenters. The van der Waals surface area contributed by atoms with Gasteiger partial charge in [-0.1, -0.05) is 12.5 Å². The van der Waals surface area contributed by atoms with Crippen molar-refractivity contribution in [2.75, 3.05) is 11.9 Å². The molecule has 1 aromatic rings. The summed E-state index contributed by atoms with van der Waals surface area (Å²) in [6, 6.07) is 5.55. The maximum Gasteiger partial charge on any atom is 0.194 e. The molecule has 5 nitrogen and oxygen atoms in total. The molecule has 0 aromatic carbocycles. The topological polar surface area (TPSA) is 83.5 Å². The predicted octanol–water partition coefficient (Wildman–Crippen LogP) is 1.59. The number of hydrogen-bond donors (Lipinski definition) is 3. The molecule has 0 spiro atoms. The largest absolute Gasteiger partial charge is 0.393 e. The van der Waals surface area contributed by atoms with Crippen LogP contribution in [-0.4, -0.2) is 28.7 Å². The highest BCUT2D eigenvalue weighted by molar-refractivity contribution is 14.0. The molecular weight excluding hydrogens is 343 g/mol. The zero-order valence-corrected chi connectivity index (χ0v) is 12.5. The molecule has 0 radical (unpaired) electrons. The van der Waals surface area contributed by atoms with Crippen LogP contribution in [0, 0.1) is 5.92 Å². The van der Waals surface area contributed by atoms with Gasteiger partial charge in [0.2, 0.25) is 0 Å². The first kappa shape index (κ1) is 15.2. The number of nitrogens with one attached hydrogen (secondary N) is 1. The Morgan fingerprint density at radius 3 is 2.94 bits per heavy atom. The Kier molecular flexibility index (Phi) is 6.34. The Balaban J connectivity index is 0.00000162. The van der Waals surface area contributed by atoms with E-state index in [1.165, 1.54) is 0 Å². The van der Waals surface area contributed by atoms with Gasteiger partial charge in [0.05, 0.1) is 6.10 Å². The van der Waals surface area contributed by atoms with Crippen molar-refractivity contribution < 1.29 is 5.11 Å². The average molecular weight is 362 g/mol. The highest BCUT2D eigenvalue weighted by Crippen LogP contribution is 2.25. The van der Waals surface area contributed by atoms with E-state index < -0.39 is 0 Å². The highest BCUT2D eigenvalue weighted by atomic mass is 127.